The summed E-state index contributed by atoms with van der Waals surface area (Å²) in [5, 5.41) is 0. The van der Waals surface area contributed by atoms with Crippen LogP contribution in [0.1, 0.15) is 17.2 Å². The average Bonchev–Trinajstić information content (AvgIpc) is 2.54. The Morgan fingerprint density at radius 3 is 2.33 bits per heavy atom. The molecule has 0 N–H and O–H groups in total. The molecular formula is C17H16O4. The maximum absolute atomic E-state index is 12.3. The number of carbonyl (C=O) groups is 2. The highest BCUT2D eigenvalue weighted by Gasteiger charge is 2.21. The third-order valence-electron chi connectivity index (χ3n) is 3.12. The van der Waals surface area contributed by atoms with Gasteiger partial charge in [0.1, 0.15) is 5.75 Å². The molecule has 2 aromatic carbocycles. The van der Waals surface area contributed by atoms with Gasteiger partial charge in [0.15, 0.2) is 11.9 Å². The minimum atomic E-state index is -0.870. The van der Waals surface area contributed by atoms with Crippen LogP contribution in [0.15, 0.2) is 54.6 Å². The number of benzene rings is 2. The summed E-state index contributed by atoms with van der Waals surface area (Å²) in [5.41, 5.74) is 1.51. The molecule has 4 heteroatoms. The van der Waals surface area contributed by atoms with Gasteiger partial charge in [-0.05, 0) is 23.3 Å². The third kappa shape index (κ3) is 3.92. The molecule has 4 nitrogen and oxygen atoms in total. The van der Waals surface area contributed by atoms with E-state index in [1.54, 1.807) is 43.5 Å². The van der Waals surface area contributed by atoms with E-state index in [0.717, 1.165) is 11.3 Å². The Hall–Kier alpha value is -2.62. The van der Waals surface area contributed by atoms with Gasteiger partial charge in [0.2, 0.25) is 0 Å². The SMILES string of the molecule is COc1ccc(CC(=O)C(OC=O)c2ccccc2)cc1. The summed E-state index contributed by atoms with van der Waals surface area (Å²) in [6.45, 7) is 0.309. The molecule has 21 heavy (non-hydrogen) atoms. The summed E-state index contributed by atoms with van der Waals surface area (Å²) in [4.78, 5) is 23.0. The first-order valence-electron chi connectivity index (χ1n) is 6.54. The molecule has 0 fully saturated rings. The number of carbonyl (C=O) groups excluding carboxylic acids is 2. The number of Topliss-reactive ketones (excluding diaryl/α,β-unsaturated/α-hetero) is 1. The summed E-state index contributed by atoms with van der Waals surface area (Å²) >= 11 is 0. The number of hydrogen-bond donors (Lipinski definition) is 0. The van der Waals surface area contributed by atoms with Crippen LogP contribution in [0.4, 0.5) is 0 Å². The second-order valence-corrected chi connectivity index (χ2v) is 4.51. The smallest absolute Gasteiger partial charge is 0.294 e. The molecule has 2 aromatic rings. The van der Waals surface area contributed by atoms with Crippen molar-refractivity contribution in [3.05, 3.63) is 65.7 Å². The Kier molecular flexibility index (Phi) is 5.10. The first-order valence-corrected chi connectivity index (χ1v) is 6.54. The fourth-order valence-corrected chi connectivity index (χ4v) is 2.06. The molecule has 1 atom stereocenters. The van der Waals surface area contributed by atoms with E-state index in [4.69, 9.17) is 9.47 Å². The third-order valence-corrected chi connectivity index (χ3v) is 3.12. The molecule has 0 saturated heterocycles. The van der Waals surface area contributed by atoms with Crippen LogP contribution in [0, 0.1) is 0 Å². The standard InChI is InChI=1S/C17H16O4/c1-20-15-9-7-13(8-10-15)11-16(19)17(21-12-18)14-5-3-2-4-6-14/h2-10,12,17H,11H2,1H3. The van der Waals surface area contributed by atoms with Crippen molar-refractivity contribution in [1.29, 1.82) is 0 Å². The largest absolute Gasteiger partial charge is 0.497 e. The van der Waals surface area contributed by atoms with Crippen LogP contribution >= 0.6 is 0 Å². The number of ketones is 1. The van der Waals surface area contributed by atoms with Gasteiger partial charge >= 0.3 is 0 Å². The molecule has 0 aliphatic rings. The number of ether oxygens (including phenoxy) is 2. The first-order chi connectivity index (χ1) is 10.2. The number of rotatable bonds is 7. The summed E-state index contributed by atoms with van der Waals surface area (Å²) in [5.74, 6) is 0.563. The molecular weight excluding hydrogens is 268 g/mol. The minimum Gasteiger partial charge on any atom is -0.497 e. The second-order valence-electron chi connectivity index (χ2n) is 4.51. The molecule has 0 aliphatic carbocycles. The van der Waals surface area contributed by atoms with Crippen molar-refractivity contribution in [3.8, 4) is 5.75 Å². The van der Waals surface area contributed by atoms with Crippen molar-refractivity contribution in [2.45, 2.75) is 12.5 Å². The Labute approximate surface area is 123 Å². The lowest BCUT2D eigenvalue weighted by Gasteiger charge is -2.14. The van der Waals surface area contributed by atoms with Gasteiger partial charge in [0.05, 0.1) is 7.11 Å². The van der Waals surface area contributed by atoms with Gasteiger partial charge in [-0.25, -0.2) is 0 Å². The van der Waals surface area contributed by atoms with Gasteiger partial charge in [-0.3, -0.25) is 9.59 Å². The lowest BCUT2D eigenvalue weighted by molar-refractivity contribution is -0.144. The lowest BCUT2D eigenvalue weighted by atomic mass is 10.00. The van der Waals surface area contributed by atoms with Gasteiger partial charge in [0, 0.05) is 6.42 Å². The quantitative estimate of drug-likeness (QED) is 0.734. The Morgan fingerprint density at radius 1 is 1.10 bits per heavy atom. The van der Waals surface area contributed by atoms with Crippen LogP contribution in [-0.2, 0) is 20.7 Å². The van der Waals surface area contributed by atoms with E-state index in [1.807, 2.05) is 18.2 Å². The molecule has 0 aliphatic heterocycles. The lowest BCUT2D eigenvalue weighted by Crippen LogP contribution is -2.17. The van der Waals surface area contributed by atoms with Crippen LogP contribution < -0.4 is 4.74 Å². The fourth-order valence-electron chi connectivity index (χ4n) is 2.06. The zero-order valence-corrected chi connectivity index (χ0v) is 11.7. The average molecular weight is 284 g/mol. The van der Waals surface area contributed by atoms with Crippen molar-refractivity contribution in [2.75, 3.05) is 7.11 Å². The van der Waals surface area contributed by atoms with E-state index >= 15 is 0 Å². The van der Waals surface area contributed by atoms with Crippen LogP contribution in [0.5, 0.6) is 5.75 Å². The van der Waals surface area contributed by atoms with E-state index in [2.05, 4.69) is 0 Å². The minimum absolute atomic E-state index is 0.168. The van der Waals surface area contributed by atoms with Gasteiger partial charge < -0.3 is 9.47 Å². The van der Waals surface area contributed by atoms with E-state index in [1.165, 1.54) is 0 Å². The Balaban J connectivity index is 2.13. The Bertz CT molecular complexity index is 590. The molecule has 2 rings (SSSR count). The molecule has 1 unspecified atom stereocenters. The molecule has 0 bridgehead atoms. The second kappa shape index (κ2) is 7.24. The maximum atomic E-state index is 12.3. The van der Waals surface area contributed by atoms with Crippen LogP contribution in [-0.4, -0.2) is 19.4 Å². The molecule has 108 valence electrons. The summed E-state index contributed by atoms with van der Waals surface area (Å²) in [7, 11) is 1.59. The first kappa shape index (κ1) is 14.8. The van der Waals surface area contributed by atoms with Crippen LogP contribution in [0.25, 0.3) is 0 Å². The number of hydrogen-bond acceptors (Lipinski definition) is 4. The molecule has 0 aromatic heterocycles. The van der Waals surface area contributed by atoms with E-state index < -0.39 is 6.10 Å². The zero-order valence-electron chi connectivity index (χ0n) is 11.7. The van der Waals surface area contributed by atoms with Gasteiger partial charge in [-0.1, -0.05) is 42.5 Å². The Morgan fingerprint density at radius 2 is 1.76 bits per heavy atom. The summed E-state index contributed by atoms with van der Waals surface area (Å²) in [6.07, 6.45) is -0.678. The van der Waals surface area contributed by atoms with Gasteiger partial charge in [0.25, 0.3) is 6.47 Å². The fraction of sp³-hybridized carbons (Fsp3) is 0.176. The predicted octanol–water partition coefficient (Wildman–Crippen LogP) is 2.72. The highest BCUT2D eigenvalue weighted by Crippen LogP contribution is 2.20. The van der Waals surface area contributed by atoms with Crippen LogP contribution in [0.3, 0.4) is 0 Å². The van der Waals surface area contributed by atoms with E-state index in [-0.39, 0.29) is 12.2 Å². The maximum Gasteiger partial charge on any atom is 0.294 e. The van der Waals surface area contributed by atoms with Gasteiger partial charge in [-0.2, -0.15) is 0 Å². The van der Waals surface area contributed by atoms with E-state index in [9.17, 15) is 9.59 Å². The summed E-state index contributed by atoms with van der Waals surface area (Å²) < 4.78 is 10.0. The van der Waals surface area contributed by atoms with E-state index in [0.29, 0.717) is 12.0 Å². The topological polar surface area (TPSA) is 52.6 Å². The van der Waals surface area contributed by atoms with Crippen molar-refractivity contribution >= 4 is 12.3 Å². The highest BCUT2D eigenvalue weighted by atomic mass is 16.5. The monoisotopic (exact) mass is 284 g/mol. The summed E-state index contributed by atoms with van der Waals surface area (Å²) in [6, 6.07) is 16.2. The van der Waals surface area contributed by atoms with Crippen molar-refractivity contribution in [1.82, 2.24) is 0 Å². The van der Waals surface area contributed by atoms with Crippen LogP contribution in [0.2, 0.25) is 0 Å². The number of methoxy groups -OCH3 is 1. The van der Waals surface area contributed by atoms with Crippen molar-refractivity contribution < 1.29 is 19.1 Å². The van der Waals surface area contributed by atoms with Crippen molar-refractivity contribution in [3.63, 3.8) is 0 Å². The normalized spacial score (nSPS) is 11.5. The highest BCUT2D eigenvalue weighted by molar-refractivity contribution is 5.87. The molecule has 0 saturated carbocycles. The molecule has 0 amide bonds. The van der Waals surface area contributed by atoms with Gasteiger partial charge in [-0.15, -0.1) is 0 Å². The zero-order chi connectivity index (χ0) is 15.1. The molecule has 0 heterocycles. The molecule has 0 radical (unpaired) electrons. The predicted molar refractivity (Wildman–Crippen MR) is 78.0 cm³/mol. The molecule has 0 spiro atoms. The van der Waals surface area contributed by atoms with Crippen molar-refractivity contribution in [2.24, 2.45) is 0 Å².